The molecule has 0 bridgehead atoms. The van der Waals surface area contributed by atoms with Gasteiger partial charge in [0.15, 0.2) is 0 Å². The summed E-state index contributed by atoms with van der Waals surface area (Å²) in [6, 6.07) is 0.293. The molecule has 2 fully saturated rings. The SMILES string of the molecule is CC(C)(C)OC(=O)C1CC(=O)N(C2CCNCC2)C1. The highest BCUT2D eigenvalue weighted by atomic mass is 16.6. The zero-order valence-electron chi connectivity index (χ0n) is 12.1. The van der Waals surface area contributed by atoms with E-state index in [0.29, 0.717) is 19.0 Å². The summed E-state index contributed by atoms with van der Waals surface area (Å²) < 4.78 is 5.38. The number of nitrogens with one attached hydrogen (secondary N) is 1. The van der Waals surface area contributed by atoms with Crippen molar-refractivity contribution in [3.8, 4) is 0 Å². The van der Waals surface area contributed by atoms with E-state index < -0.39 is 5.60 Å². The van der Waals surface area contributed by atoms with Gasteiger partial charge in [0.05, 0.1) is 5.92 Å². The number of carbonyl (C=O) groups excluding carboxylic acids is 2. The van der Waals surface area contributed by atoms with Crippen LogP contribution in [0.4, 0.5) is 0 Å². The molecule has 1 N–H and O–H groups in total. The molecule has 2 aliphatic rings. The van der Waals surface area contributed by atoms with E-state index in [1.807, 2.05) is 25.7 Å². The molecule has 0 spiro atoms. The van der Waals surface area contributed by atoms with Crippen molar-refractivity contribution in [2.45, 2.75) is 51.7 Å². The number of hydrogen-bond donors (Lipinski definition) is 1. The molecule has 2 aliphatic heterocycles. The summed E-state index contributed by atoms with van der Waals surface area (Å²) in [7, 11) is 0. The number of amides is 1. The molecule has 1 amide bonds. The second kappa shape index (κ2) is 5.49. The van der Waals surface area contributed by atoms with Gasteiger partial charge in [-0.05, 0) is 46.7 Å². The Labute approximate surface area is 114 Å². The van der Waals surface area contributed by atoms with Gasteiger partial charge in [0, 0.05) is 19.0 Å². The number of carbonyl (C=O) groups is 2. The maximum absolute atomic E-state index is 12.1. The van der Waals surface area contributed by atoms with E-state index in [2.05, 4.69) is 5.32 Å². The fraction of sp³-hybridized carbons (Fsp3) is 0.857. The lowest BCUT2D eigenvalue weighted by molar-refractivity contribution is -0.159. The molecule has 5 heteroatoms. The summed E-state index contributed by atoms with van der Waals surface area (Å²) >= 11 is 0. The molecular weight excluding hydrogens is 244 g/mol. The molecule has 0 radical (unpaired) electrons. The van der Waals surface area contributed by atoms with Crippen LogP contribution in [0.15, 0.2) is 0 Å². The summed E-state index contributed by atoms with van der Waals surface area (Å²) in [5.74, 6) is -0.429. The molecule has 108 valence electrons. The summed E-state index contributed by atoms with van der Waals surface area (Å²) in [5.41, 5.74) is -0.484. The van der Waals surface area contributed by atoms with Crippen molar-refractivity contribution in [1.82, 2.24) is 10.2 Å². The standard InChI is InChI=1S/C14H24N2O3/c1-14(2,3)19-13(18)10-8-12(17)16(9-10)11-4-6-15-7-5-11/h10-11,15H,4-9H2,1-3H3. The van der Waals surface area contributed by atoms with Crippen molar-refractivity contribution in [3.63, 3.8) is 0 Å². The second-order valence-corrected chi connectivity index (χ2v) is 6.46. The van der Waals surface area contributed by atoms with Crippen molar-refractivity contribution in [1.29, 1.82) is 0 Å². The Morgan fingerprint density at radius 3 is 2.53 bits per heavy atom. The fourth-order valence-electron chi connectivity index (χ4n) is 2.75. The summed E-state index contributed by atoms with van der Waals surface area (Å²) in [6.07, 6.45) is 2.26. The number of esters is 1. The van der Waals surface area contributed by atoms with Gasteiger partial charge in [-0.1, -0.05) is 0 Å². The Morgan fingerprint density at radius 1 is 1.32 bits per heavy atom. The number of piperidine rings is 1. The molecule has 19 heavy (non-hydrogen) atoms. The third-order valence-electron chi connectivity index (χ3n) is 3.65. The Kier molecular flexibility index (Phi) is 4.13. The smallest absolute Gasteiger partial charge is 0.311 e. The molecule has 0 aromatic heterocycles. The Balaban J connectivity index is 1.93. The number of hydrogen-bond acceptors (Lipinski definition) is 4. The first kappa shape index (κ1) is 14.3. The highest BCUT2D eigenvalue weighted by Crippen LogP contribution is 2.26. The second-order valence-electron chi connectivity index (χ2n) is 6.46. The molecule has 0 aliphatic carbocycles. The van der Waals surface area contributed by atoms with Gasteiger partial charge in [0.2, 0.25) is 5.91 Å². The van der Waals surface area contributed by atoms with E-state index >= 15 is 0 Å². The maximum atomic E-state index is 12.1. The molecule has 0 saturated carbocycles. The van der Waals surface area contributed by atoms with E-state index in [0.717, 1.165) is 25.9 Å². The van der Waals surface area contributed by atoms with Crippen LogP contribution in [-0.4, -0.2) is 48.1 Å². The van der Waals surface area contributed by atoms with Crippen molar-refractivity contribution < 1.29 is 14.3 Å². The van der Waals surface area contributed by atoms with Crippen LogP contribution < -0.4 is 5.32 Å². The van der Waals surface area contributed by atoms with Crippen LogP contribution in [0.3, 0.4) is 0 Å². The minimum absolute atomic E-state index is 0.0998. The van der Waals surface area contributed by atoms with Crippen molar-refractivity contribution in [2.24, 2.45) is 5.92 Å². The third kappa shape index (κ3) is 3.69. The first-order chi connectivity index (χ1) is 8.87. The molecule has 1 unspecified atom stereocenters. The summed E-state index contributed by atoms with van der Waals surface area (Å²) in [6.45, 7) is 7.99. The monoisotopic (exact) mass is 268 g/mol. The number of rotatable bonds is 2. The zero-order chi connectivity index (χ0) is 14.0. The predicted octanol–water partition coefficient (Wildman–Crippen LogP) is 0.929. The first-order valence-electron chi connectivity index (χ1n) is 7.10. The van der Waals surface area contributed by atoms with Crippen molar-refractivity contribution in [3.05, 3.63) is 0 Å². The summed E-state index contributed by atoms with van der Waals surface area (Å²) in [4.78, 5) is 26.0. The largest absolute Gasteiger partial charge is 0.460 e. The lowest BCUT2D eigenvalue weighted by Gasteiger charge is -2.31. The molecule has 2 heterocycles. The van der Waals surface area contributed by atoms with Crippen molar-refractivity contribution >= 4 is 11.9 Å². The minimum Gasteiger partial charge on any atom is -0.460 e. The molecule has 2 saturated heterocycles. The van der Waals surface area contributed by atoms with Gasteiger partial charge in [0.1, 0.15) is 5.60 Å². The van der Waals surface area contributed by atoms with E-state index in [1.54, 1.807) is 0 Å². The van der Waals surface area contributed by atoms with Gasteiger partial charge in [-0.15, -0.1) is 0 Å². The number of ether oxygens (including phenoxy) is 1. The number of nitrogens with zero attached hydrogens (tertiary/aromatic N) is 1. The molecule has 0 aromatic carbocycles. The Hall–Kier alpha value is -1.10. The van der Waals surface area contributed by atoms with Crippen LogP contribution in [0.2, 0.25) is 0 Å². The molecule has 5 nitrogen and oxygen atoms in total. The average molecular weight is 268 g/mol. The van der Waals surface area contributed by atoms with Gasteiger partial charge in [-0.2, -0.15) is 0 Å². The normalized spacial score (nSPS) is 25.7. The van der Waals surface area contributed by atoms with E-state index in [9.17, 15) is 9.59 Å². The average Bonchev–Trinajstić information content (AvgIpc) is 2.70. The third-order valence-corrected chi connectivity index (χ3v) is 3.65. The lowest BCUT2D eigenvalue weighted by Crippen LogP contribution is -2.44. The van der Waals surface area contributed by atoms with Crippen LogP contribution in [0.5, 0.6) is 0 Å². The van der Waals surface area contributed by atoms with Crippen LogP contribution in [0.25, 0.3) is 0 Å². The topological polar surface area (TPSA) is 58.6 Å². The summed E-state index contributed by atoms with van der Waals surface area (Å²) in [5, 5.41) is 3.29. The molecule has 2 rings (SSSR count). The van der Waals surface area contributed by atoms with E-state index in [-0.39, 0.29) is 17.8 Å². The molecular formula is C14H24N2O3. The number of likely N-dealkylation sites (tertiary alicyclic amines) is 1. The Bertz CT molecular complexity index is 356. The molecule has 0 aromatic rings. The van der Waals surface area contributed by atoms with Gasteiger partial charge in [-0.3, -0.25) is 9.59 Å². The van der Waals surface area contributed by atoms with E-state index in [1.165, 1.54) is 0 Å². The van der Waals surface area contributed by atoms with Crippen LogP contribution >= 0.6 is 0 Å². The van der Waals surface area contributed by atoms with Gasteiger partial charge >= 0.3 is 5.97 Å². The fourth-order valence-corrected chi connectivity index (χ4v) is 2.75. The highest BCUT2D eigenvalue weighted by Gasteiger charge is 2.39. The van der Waals surface area contributed by atoms with Crippen molar-refractivity contribution in [2.75, 3.05) is 19.6 Å². The zero-order valence-corrected chi connectivity index (χ0v) is 12.1. The first-order valence-corrected chi connectivity index (χ1v) is 7.10. The van der Waals surface area contributed by atoms with Crippen LogP contribution in [0, 0.1) is 5.92 Å². The quantitative estimate of drug-likeness (QED) is 0.757. The maximum Gasteiger partial charge on any atom is 0.311 e. The predicted molar refractivity (Wildman–Crippen MR) is 71.6 cm³/mol. The van der Waals surface area contributed by atoms with E-state index in [4.69, 9.17) is 4.74 Å². The van der Waals surface area contributed by atoms with Crippen LogP contribution in [0.1, 0.15) is 40.0 Å². The highest BCUT2D eigenvalue weighted by molar-refractivity contribution is 5.87. The lowest BCUT2D eigenvalue weighted by atomic mass is 10.1. The minimum atomic E-state index is -0.484. The van der Waals surface area contributed by atoms with Gasteiger partial charge in [-0.25, -0.2) is 0 Å². The van der Waals surface area contributed by atoms with Gasteiger partial charge < -0.3 is 15.0 Å². The van der Waals surface area contributed by atoms with Gasteiger partial charge in [0.25, 0.3) is 0 Å². The van der Waals surface area contributed by atoms with Crippen LogP contribution in [-0.2, 0) is 14.3 Å². The Morgan fingerprint density at radius 2 is 1.95 bits per heavy atom. The molecule has 1 atom stereocenters.